The molecule has 0 aromatic heterocycles. The Morgan fingerprint density at radius 2 is 2.16 bits per heavy atom. The Morgan fingerprint density at radius 1 is 1.42 bits per heavy atom. The number of nitrogens with one attached hydrogen (secondary N) is 2. The molecule has 0 spiro atoms. The molecule has 1 rings (SSSR count). The minimum Gasteiger partial charge on any atom is -0.493 e. The van der Waals surface area contributed by atoms with Gasteiger partial charge in [-0.25, -0.2) is 5.43 Å². The van der Waals surface area contributed by atoms with Gasteiger partial charge >= 0.3 is 11.8 Å². The number of hydrogen-bond acceptors (Lipinski definition) is 4. The number of halogens is 1. The van der Waals surface area contributed by atoms with E-state index < -0.39 is 11.8 Å². The molecule has 0 bridgehead atoms. The number of hydrogen-bond donors (Lipinski definition) is 2. The Balaban J connectivity index is 2.65. The molecule has 2 N–H and O–H groups in total. The average Bonchev–Trinajstić information content (AvgIpc) is 2.40. The Labute approximate surface area is 119 Å². The van der Waals surface area contributed by atoms with Crippen LogP contribution < -0.4 is 15.5 Å². The fourth-order valence-corrected chi connectivity index (χ4v) is 1.71. The summed E-state index contributed by atoms with van der Waals surface area (Å²) in [6.45, 7) is 2.48. The quantitative estimate of drug-likeness (QED) is 0.492. The minimum absolute atomic E-state index is 0.578. The summed E-state index contributed by atoms with van der Waals surface area (Å²) in [6, 6.07) is 5.36. The predicted molar refractivity (Wildman–Crippen MR) is 75.1 cm³/mol. The molecule has 0 aliphatic carbocycles. The van der Waals surface area contributed by atoms with E-state index in [1.54, 1.807) is 18.2 Å². The average molecular weight is 328 g/mol. The number of carbonyl (C=O) groups is 2. The molecule has 102 valence electrons. The number of carbonyl (C=O) groups excluding carboxylic acids is 2. The van der Waals surface area contributed by atoms with E-state index in [0.29, 0.717) is 6.61 Å². The van der Waals surface area contributed by atoms with Crippen LogP contribution >= 0.6 is 15.9 Å². The van der Waals surface area contributed by atoms with Crippen LogP contribution in [0, 0.1) is 0 Å². The van der Waals surface area contributed by atoms with Crippen molar-refractivity contribution in [1.82, 2.24) is 10.7 Å². The van der Waals surface area contributed by atoms with Crippen LogP contribution in [-0.4, -0.2) is 31.7 Å². The van der Waals surface area contributed by atoms with E-state index in [0.717, 1.165) is 15.8 Å². The first-order valence-corrected chi connectivity index (χ1v) is 6.35. The standard InChI is InChI=1S/C12H14BrN3O3/c1-3-19-10-5-4-8(6-9(10)13)7-15-16-12(18)11(17)14-2/h4-7H,3H2,1-2H3,(H,14,17)(H,16,18)/b15-7-. The number of amides is 2. The molecule has 1 aromatic carbocycles. The summed E-state index contributed by atoms with van der Waals surface area (Å²) in [4.78, 5) is 22.0. The van der Waals surface area contributed by atoms with Crippen molar-refractivity contribution >= 4 is 34.0 Å². The van der Waals surface area contributed by atoms with Gasteiger partial charge in [-0.1, -0.05) is 0 Å². The van der Waals surface area contributed by atoms with Crippen LogP contribution in [0.4, 0.5) is 0 Å². The van der Waals surface area contributed by atoms with E-state index in [4.69, 9.17) is 4.74 Å². The van der Waals surface area contributed by atoms with E-state index >= 15 is 0 Å². The van der Waals surface area contributed by atoms with Crippen molar-refractivity contribution in [2.45, 2.75) is 6.92 Å². The maximum atomic E-state index is 11.1. The zero-order valence-electron chi connectivity index (χ0n) is 10.6. The molecule has 0 saturated heterocycles. The lowest BCUT2D eigenvalue weighted by molar-refractivity contribution is -0.138. The Hall–Kier alpha value is -1.89. The summed E-state index contributed by atoms with van der Waals surface area (Å²) in [5, 5.41) is 5.88. The molecule has 0 unspecified atom stereocenters. The molecular formula is C12H14BrN3O3. The van der Waals surface area contributed by atoms with E-state index in [1.807, 2.05) is 6.92 Å². The van der Waals surface area contributed by atoms with Gasteiger partial charge in [0.15, 0.2) is 0 Å². The normalized spacial score (nSPS) is 10.3. The molecule has 1 aromatic rings. The van der Waals surface area contributed by atoms with Crippen LogP contribution in [0.25, 0.3) is 0 Å². The van der Waals surface area contributed by atoms with Crippen molar-refractivity contribution in [3.05, 3.63) is 28.2 Å². The van der Waals surface area contributed by atoms with Gasteiger partial charge in [0.2, 0.25) is 0 Å². The molecule has 0 fully saturated rings. The van der Waals surface area contributed by atoms with Gasteiger partial charge in [0.25, 0.3) is 0 Å². The zero-order chi connectivity index (χ0) is 14.3. The van der Waals surface area contributed by atoms with E-state index in [-0.39, 0.29) is 0 Å². The van der Waals surface area contributed by atoms with Crippen molar-refractivity contribution in [2.24, 2.45) is 5.10 Å². The van der Waals surface area contributed by atoms with E-state index in [1.165, 1.54) is 13.3 Å². The number of hydrazone groups is 1. The second-order valence-corrected chi connectivity index (χ2v) is 4.26. The number of rotatable bonds is 4. The number of nitrogens with zero attached hydrogens (tertiary/aromatic N) is 1. The SMILES string of the molecule is CCOc1ccc(/C=N\NC(=O)C(=O)NC)cc1Br. The van der Waals surface area contributed by atoms with Crippen LogP contribution in [0.2, 0.25) is 0 Å². The first kappa shape index (κ1) is 15.2. The van der Waals surface area contributed by atoms with Crippen molar-refractivity contribution in [3.8, 4) is 5.75 Å². The smallest absolute Gasteiger partial charge is 0.329 e. The van der Waals surface area contributed by atoms with Crippen molar-refractivity contribution in [1.29, 1.82) is 0 Å². The Bertz CT molecular complexity index is 503. The number of likely N-dealkylation sites (N-methyl/N-ethyl adjacent to an activating group) is 1. The Morgan fingerprint density at radius 3 is 2.74 bits per heavy atom. The zero-order valence-corrected chi connectivity index (χ0v) is 12.2. The molecule has 6 nitrogen and oxygen atoms in total. The summed E-state index contributed by atoms with van der Waals surface area (Å²) >= 11 is 3.37. The molecular weight excluding hydrogens is 314 g/mol. The molecule has 0 saturated carbocycles. The molecule has 0 aliphatic heterocycles. The molecule has 0 aliphatic rings. The van der Waals surface area contributed by atoms with Crippen molar-refractivity contribution in [2.75, 3.05) is 13.7 Å². The third-order valence-corrected chi connectivity index (χ3v) is 2.69. The summed E-state index contributed by atoms with van der Waals surface area (Å²) in [6.07, 6.45) is 1.43. The van der Waals surface area contributed by atoms with E-state index in [2.05, 4.69) is 31.8 Å². The summed E-state index contributed by atoms with van der Waals surface area (Å²) in [7, 11) is 1.37. The molecule has 0 radical (unpaired) electrons. The maximum absolute atomic E-state index is 11.1. The third kappa shape index (κ3) is 4.70. The number of ether oxygens (including phenoxy) is 1. The third-order valence-electron chi connectivity index (χ3n) is 2.07. The first-order valence-electron chi connectivity index (χ1n) is 5.56. The van der Waals surface area contributed by atoms with Gasteiger partial charge < -0.3 is 10.1 Å². The van der Waals surface area contributed by atoms with Gasteiger partial charge in [0, 0.05) is 7.05 Å². The van der Waals surface area contributed by atoms with Gasteiger partial charge in [0.05, 0.1) is 17.3 Å². The fraction of sp³-hybridized carbons (Fsp3) is 0.250. The van der Waals surface area contributed by atoms with Gasteiger partial charge in [-0.05, 0) is 46.6 Å². The molecule has 19 heavy (non-hydrogen) atoms. The van der Waals surface area contributed by atoms with Crippen LogP contribution in [0.15, 0.2) is 27.8 Å². The second kappa shape index (κ2) is 7.52. The minimum atomic E-state index is -0.816. The highest BCUT2D eigenvalue weighted by molar-refractivity contribution is 9.10. The van der Waals surface area contributed by atoms with Crippen LogP contribution in [0.1, 0.15) is 12.5 Å². The molecule has 0 atom stereocenters. The van der Waals surface area contributed by atoms with Crippen molar-refractivity contribution in [3.63, 3.8) is 0 Å². The van der Waals surface area contributed by atoms with E-state index in [9.17, 15) is 9.59 Å². The highest BCUT2D eigenvalue weighted by Gasteiger charge is 2.08. The summed E-state index contributed by atoms with van der Waals surface area (Å²) in [5.41, 5.74) is 2.87. The second-order valence-electron chi connectivity index (χ2n) is 3.40. The maximum Gasteiger partial charge on any atom is 0.329 e. The van der Waals surface area contributed by atoms with Crippen LogP contribution in [-0.2, 0) is 9.59 Å². The summed E-state index contributed by atoms with van der Waals surface area (Å²) in [5.74, 6) is -0.831. The first-order chi connectivity index (χ1) is 9.08. The Kier molecular flexibility index (Phi) is 6.01. The predicted octanol–water partition coefficient (Wildman–Crippen LogP) is 1.04. The lowest BCUT2D eigenvalue weighted by Crippen LogP contribution is -2.35. The highest BCUT2D eigenvalue weighted by atomic mass is 79.9. The lowest BCUT2D eigenvalue weighted by Gasteiger charge is -2.05. The van der Waals surface area contributed by atoms with Gasteiger partial charge in [-0.3, -0.25) is 9.59 Å². The van der Waals surface area contributed by atoms with Gasteiger partial charge in [-0.15, -0.1) is 0 Å². The fourth-order valence-electron chi connectivity index (χ4n) is 1.20. The largest absolute Gasteiger partial charge is 0.493 e. The highest BCUT2D eigenvalue weighted by Crippen LogP contribution is 2.25. The monoisotopic (exact) mass is 327 g/mol. The molecule has 7 heteroatoms. The van der Waals surface area contributed by atoms with Crippen LogP contribution in [0.5, 0.6) is 5.75 Å². The molecule has 2 amide bonds. The lowest BCUT2D eigenvalue weighted by atomic mass is 10.2. The molecule has 0 heterocycles. The number of benzene rings is 1. The van der Waals surface area contributed by atoms with Gasteiger partial charge in [-0.2, -0.15) is 5.10 Å². The van der Waals surface area contributed by atoms with Crippen LogP contribution in [0.3, 0.4) is 0 Å². The van der Waals surface area contributed by atoms with Crippen molar-refractivity contribution < 1.29 is 14.3 Å². The van der Waals surface area contributed by atoms with Gasteiger partial charge in [0.1, 0.15) is 5.75 Å². The summed E-state index contributed by atoms with van der Waals surface area (Å²) < 4.78 is 6.15. The topological polar surface area (TPSA) is 79.8 Å².